The van der Waals surface area contributed by atoms with Gasteiger partial charge in [-0.25, -0.2) is 9.97 Å². The Hall–Kier alpha value is -4.07. The van der Waals surface area contributed by atoms with Crippen molar-refractivity contribution in [1.29, 1.82) is 0 Å². The van der Waals surface area contributed by atoms with Crippen LogP contribution in [0.4, 0.5) is 5.82 Å². The van der Waals surface area contributed by atoms with Gasteiger partial charge in [-0.1, -0.05) is 55.5 Å². The van der Waals surface area contributed by atoms with Crippen molar-refractivity contribution in [2.24, 2.45) is 0 Å². The van der Waals surface area contributed by atoms with Gasteiger partial charge < -0.3 is 15.5 Å². The van der Waals surface area contributed by atoms with E-state index in [4.69, 9.17) is 0 Å². The number of aromatic nitrogens is 2. The topological polar surface area (TPSA) is 104 Å². The maximum Gasteiger partial charge on any atom is 0.273 e. The molecule has 8 nitrogen and oxygen atoms in total. The van der Waals surface area contributed by atoms with Gasteiger partial charge in [-0.3, -0.25) is 14.4 Å². The average Bonchev–Trinajstić information content (AvgIpc) is 2.90. The molecule has 1 aliphatic heterocycles. The van der Waals surface area contributed by atoms with E-state index in [9.17, 15) is 14.4 Å². The SMILES string of the molecule is CC[C@@H](C(=O)N1CCC(NC(=O)c2nccnc2NC(=O)c2ccccc2C)CC1)c1ccccc1. The number of rotatable bonds is 7. The number of carbonyl (C=O) groups excluding carboxylic acids is 3. The van der Waals surface area contributed by atoms with Gasteiger partial charge in [0.05, 0.1) is 5.92 Å². The second-order valence-corrected chi connectivity index (χ2v) is 8.97. The molecule has 1 saturated heterocycles. The zero-order valence-corrected chi connectivity index (χ0v) is 20.6. The van der Waals surface area contributed by atoms with Gasteiger partial charge in [0.25, 0.3) is 11.8 Å². The van der Waals surface area contributed by atoms with Crippen LogP contribution in [-0.2, 0) is 4.79 Å². The summed E-state index contributed by atoms with van der Waals surface area (Å²) in [6.45, 7) is 5.02. The summed E-state index contributed by atoms with van der Waals surface area (Å²) in [5.74, 6) is -0.661. The first-order chi connectivity index (χ1) is 17.5. The molecule has 0 saturated carbocycles. The van der Waals surface area contributed by atoms with Crippen molar-refractivity contribution < 1.29 is 14.4 Å². The molecule has 2 N–H and O–H groups in total. The minimum absolute atomic E-state index is 0.0630. The fourth-order valence-corrected chi connectivity index (χ4v) is 4.55. The smallest absolute Gasteiger partial charge is 0.273 e. The molecule has 0 spiro atoms. The maximum absolute atomic E-state index is 13.1. The van der Waals surface area contributed by atoms with Gasteiger partial charge in [0.2, 0.25) is 5.91 Å². The Bertz CT molecular complexity index is 1220. The number of hydrogen-bond acceptors (Lipinski definition) is 5. The number of nitrogens with zero attached hydrogens (tertiary/aromatic N) is 3. The number of amides is 3. The van der Waals surface area contributed by atoms with Gasteiger partial charge in [0.1, 0.15) is 0 Å². The van der Waals surface area contributed by atoms with Crippen molar-refractivity contribution in [2.75, 3.05) is 18.4 Å². The second kappa shape index (κ2) is 11.6. The molecule has 1 aliphatic rings. The highest BCUT2D eigenvalue weighted by atomic mass is 16.2. The number of piperidine rings is 1. The van der Waals surface area contributed by atoms with E-state index in [-0.39, 0.29) is 35.3 Å². The van der Waals surface area contributed by atoms with Crippen LogP contribution >= 0.6 is 0 Å². The van der Waals surface area contributed by atoms with Crippen molar-refractivity contribution in [3.8, 4) is 0 Å². The molecule has 1 aromatic heterocycles. The zero-order chi connectivity index (χ0) is 25.5. The molecule has 3 amide bonds. The molecule has 3 aromatic rings. The fourth-order valence-electron chi connectivity index (χ4n) is 4.55. The van der Waals surface area contributed by atoms with Crippen molar-refractivity contribution in [3.05, 3.63) is 89.4 Å². The van der Waals surface area contributed by atoms with E-state index < -0.39 is 5.91 Å². The molecular formula is C28H31N5O3. The number of benzene rings is 2. The minimum atomic E-state index is -0.399. The molecule has 0 bridgehead atoms. The van der Waals surface area contributed by atoms with Crippen LogP contribution in [0, 0.1) is 6.92 Å². The van der Waals surface area contributed by atoms with Crippen molar-refractivity contribution in [3.63, 3.8) is 0 Å². The van der Waals surface area contributed by atoms with Gasteiger partial charge in [-0.2, -0.15) is 0 Å². The van der Waals surface area contributed by atoms with Gasteiger partial charge in [0.15, 0.2) is 11.5 Å². The van der Waals surface area contributed by atoms with Crippen LogP contribution in [0.3, 0.4) is 0 Å². The van der Waals surface area contributed by atoms with E-state index in [1.165, 1.54) is 12.4 Å². The molecule has 186 valence electrons. The average molecular weight is 486 g/mol. The van der Waals surface area contributed by atoms with E-state index >= 15 is 0 Å². The summed E-state index contributed by atoms with van der Waals surface area (Å²) in [6, 6.07) is 17.0. The second-order valence-electron chi connectivity index (χ2n) is 8.97. The number of nitrogens with one attached hydrogen (secondary N) is 2. The summed E-state index contributed by atoms with van der Waals surface area (Å²) in [5.41, 5.74) is 2.42. The predicted molar refractivity (Wildman–Crippen MR) is 138 cm³/mol. The Morgan fingerprint density at radius 2 is 1.61 bits per heavy atom. The summed E-state index contributed by atoms with van der Waals surface area (Å²) in [6.07, 6.45) is 4.89. The summed E-state index contributed by atoms with van der Waals surface area (Å²) in [5, 5.41) is 5.72. The van der Waals surface area contributed by atoms with Gasteiger partial charge >= 0.3 is 0 Å². The fraction of sp³-hybridized carbons (Fsp3) is 0.321. The largest absolute Gasteiger partial charge is 0.348 e. The quantitative estimate of drug-likeness (QED) is 0.527. The first-order valence-corrected chi connectivity index (χ1v) is 12.3. The lowest BCUT2D eigenvalue weighted by Gasteiger charge is -2.34. The van der Waals surface area contributed by atoms with Crippen LogP contribution in [0.15, 0.2) is 67.0 Å². The summed E-state index contributed by atoms with van der Waals surface area (Å²) in [7, 11) is 0. The van der Waals surface area contributed by atoms with Gasteiger partial charge in [0, 0.05) is 37.1 Å². The molecular weight excluding hydrogens is 454 g/mol. The van der Waals surface area contributed by atoms with Crippen molar-refractivity contribution >= 4 is 23.5 Å². The standard InChI is InChI=1S/C28H31N5O3/c1-3-22(20-10-5-4-6-11-20)28(36)33-17-13-21(14-18-33)31-27(35)24-25(30-16-15-29-24)32-26(34)23-12-8-7-9-19(23)2/h4-12,15-16,21-22H,3,13-14,17-18H2,1-2H3,(H,31,35)(H,30,32,34)/t22-/m1/s1. The van der Waals surface area contributed by atoms with Crippen molar-refractivity contribution in [2.45, 2.75) is 45.1 Å². The normalized spacial score (nSPS) is 14.7. The van der Waals surface area contributed by atoms with E-state index in [0.29, 0.717) is 31.5 Å². The lowest BCUT2D eigenvalue weighted by atomic mass is 9.93. The third kappa shape index (κ3) is 5.76. The lowest BCUT2D eigenvalue weighted by molar-refractivity contribution is -0.134. The van der Waals surface area contributed by atoms with E-state index in [1.54, 1.807) is 12.1 Å². The minimum Gasteiger partial charge on any atom is -0.348 e. The molecule has 2 heterocycles. The highest BCUT2D eigenvalue weighted by molar-refractivity contribution is 6.08. The number of aryl methyl sites for hydroxylation is 1. The Labute approximate surface area is 211 Å². The molecule has 0 aliphatic carbocycles. The van der Waals surface area contributed by atoms with E-state index in [2.05, 4.69) is 20.6 Å². The molecule has 0 unspecified atom stereocenters. The Morgan fingerprint density at radius 1 is 0.944 bits per heavy atom. The van der Waals surface area contributed by atoms with Crippen LogP contribution in [0.1, 0.15) is 64.1 Å². The van der Waals surface area contributed by atoms with E-state index in [1.807, 2.05) is 61.2 Å². The number of anilines is 1. The molecule has 2 aromatic carbocycles. The van der Waals surface area contributed by atoms with Gasteiger partial charge in [-0.15, -0.1) is 0 Å². The Morgan fingerprint density at radius 3 is 2.31 bits per heavy atom. The van der Waals surface area contributed by atoms with Crippen molar-refractivity contribution in [1.82, 2.24) is 20.2 Å². The highest BCUT2D eigenvalue weighted by Gasteiger charge is 2.29. The monoisotopic (exact) mass is 485 g/mol. The number of carbonyl (C=O) groups is 3. The molecule has 1 atom stereocenters. The Kier molecular flexibility index (Phi) is 8.05. The highest BCUT2D eigenvalue weighted by Crippen LogP contribution is 2.24. The first-order valence-electron chi connectivity index (χ1n) is 12.3. The Balaban J connectivity index is 1.36. The molecule has 0 radical (unpaired) electrons. The zero-order valence-electron chi connectivity index (χ0n) is 20.6. The summed E-state index contributed by atoms with van der Waals surface area (Å²) < 4.78 is 0. The van der Waals surface area contributed by atoms with Crippen LogP contribution in [0.25, 0.3) is 0 Å². The van der Waals surface area contributed by atoms with E-state index in [0.717, 1.165) is 17.5 Å². The molecule has 36 heavy (non-hydrogen) atoms. The molecule has 4 rings (SSSR count). The summed E-state index contributed by atoms with van der Waals surface area (Å²) in [4.78, 5) is 49.1. The van der Waals surface area contributed by atoms with Crippen LogP contribution < -0.4 is 10.6 Å². The number of hydrogen-bond donors (Lipinski definition) is 2. The van der Waals surface area contributed by atoms with Gasteiger partial charge in [-0.05, 0) is 43.4 Å². The lowest BCUT2D eigenvalue weighted by Crippen LogP contribution is -2.48. The third-order valence-electron chi connectivity index (χ3n) is 6.59. The number of likely N-dealkylation sites (tertiary alicyclic amines) is 1. The van der Waals surface area contributed by atoms with Crippen LogP contribution in [0.5, 0.6) is 0 Å². The molecule has 8 heteroatoms. The predicted octanol–water partition coefficient (Wildman–Crippen LogP) is 3.95. The maximum atomic E-state index is 13.1. The first kappa shape index (κ1) is 25.0. The third-order valence-corrected chi connectivity index (χ3v) is 6.59. The molecule has 1 fully saturated rings. The van der Waals surface area contributed by atoms with Crippen LogP contribution in [0.2, 0.25) is 0 Å². The van der Waals surface area contributed by atoms with Crippen LogP contribution in [-0.4, -0.2) is 51.7 Å². The summed E-state index contributed by atoms with van der Waals surface area (Å²) >= 11 is 0.